The molecule has 0 spiro atoms. The van der Waals surface area contributed by atoms with E-state index in [4.69, 9.17) is 9.15 Å². The van der Waals surface area contributed by atoms with E-state index in [0.29, 0.717) is 36.1 Å². The van der Waals surface area contributed by atoms with Gasteiger partial charge >= 0.3 is 0 Å². The summed E-state index contributed by atoms with van der Waals surface area (Å²) in [5.41, 5.74) is 3.54. The van der Waals surface area contributed by atoms with E-state index >= 15 is 0 Å². The number of benzene rings is 2. The summed E-state index contributed by atoms with van der Waals surface area (Å²) >= 11 is 0. The molecule has 0 radical (unpaired) electrons. The lowest BCUT2D eigenvalue weighted by Gasteiger charge is -2.18. The van der Waals surface area contributed by atoms with Crippen LogP contribution in [-0.2, 0) is 14.9 Å². The number of hydrogen-bond donors (Lipinski definition) is 2. The number of amides is 2. The van der Waals surface area contributed by atoms with E-state index in [1.165, 1.54) is 12.5 Å². The number of oxazole rings is 1. The average Bonchev–Trinajstić information content (AvgIpc) is 3.19. The first-order valence-electron chi connectivity index (χ1n) is 10.5. The molecule has 0 aliphatic carbocycles. The van der Waals surface area contributed by atoms with Crippen LogP contribution in [0.15, 0.2) is 52.9 Å². The molecule has 7 nitrogen and oxygen atoms in total. The van der Waals surface area contributed by atoms with Gasteiger partial charge in [0.15, 0.2) is 11.5 Å². The van der Waals surface area contributed by atoms with E-state index in [1.807, 2.05) is 24.3 Å². The lowest BCUT2D eigenvalue weighted by Crippen LogP contribution is -2.27. The van der Waals surface area contributed by atoms with Crippen molar-refractivity contribution in [3.05, 3.63) is 59.8 Å². The number of hydrogen-bond acceptors (Lipinski definition) is 5. The molecule has 0 atom stereocenters. The van der Waals surface area contributed by atoms with Crippen LogP contribution in [0.4, 0.5) is 5.69 Å². The van der Waals surface area contributed by atoms with Gasteiger partial charge in [-0.2, -0.15) is 0 Å². The lowest BCUT2D eigenvalue weighted by atomic mass is 9.87. The molecule has 2 amide bonds. The van der Waals surface area contributed by atoms with Gasteiger partial charge in [0.2, 0.25) is 11.8 Å². The summed E-state index contributed by atoms with van der Waals surface area (Å²) in [6, 6.07) is 15.0. The molecule has 3 rings (SSSR count). The second-order valence-electron chi connectivity index (χ2n) is 8.53. The fourth-order valence-electron chi connectivity index (χ4n) is 3.16. The molecule has 1 aromatic heterocycles. The number of rotatable bonds is 7. The van der Waals surface area contributed by atoms with Crippen molar-refractivity contribution in [3.63, 3.8) is 0 Å². The maximum absolute atomic E-state index is 12.8. The molecule has 2 N–H and O–H groups in total. The van der Waals surface area contributed by atoms with Crippen molar-refractivity contribution >= 4 is 17.5 Å². The molecule has 0 aliphatic rings. The Balaban J connectivity index is 1.98. The molecular weight excluding hydrogens is 406 g/mol. The summed E-state index contributed by atoms with van der Waals surface area (Å²) in [5.74, 6) is 0.230. The van der Waals surface area contributed by atoms with E-state index in [2.05, 4.69) is 36.4 Å². The molecule has 0 saturated carbocycles. The molecule has 0 unspecified atom stereocenters. The maximum atomic E-state index is 12.8. The fourth-order valence-corrected chi connectivity index (χ4v) is 3.16. The highest BCUT2D eigenvalue weighted by atomic mass is 16.5. The number of carbonyl (C=O) groups excluding carboxylic acids is 2. The molecule has 3 aromatic rings. The second-order valence-corrected chi connectivity index (χ2v) is 8.53. The Morgan fingerprint density at radius 1 is 1.00 bits per heavy atom. The SMILES string of the molecule is COCCNC(=O)c1nc(-c2ccc(C(C)(C)C)cc2)oc1-c1ccc(NC(C)=O)cc1. The highest BCUT2D eigenvalue weighted by Crippen LogP contribution is 2.32. The predicted octanol–water partition coefficient (Wildman–Crippen LogP) is 4.64. The van der Waals surface area contributed by atoms with Crippen LogP contribution in [0.5, 0.6) is 0 Å². The van der Waals surface area contributed by atoms with Crippen molar-refractivity contribution in [2.45, 2.75) is 33.1 Å². The fraction of sp³-hybridized carbons (Fsp3) is 0.320. The summed E-state index contributed by atoms with van der Waals surface area (Å²) < 4.78 is 11.1. The zero-order valence-corrected chi connectivity index (χ0v) is 19.1. The Hall–Kier alpha value is -3.45. The minimum absolute atomic E-state index is 0.0301. The summed E-state index contributed by atoms with van der Waals surface area (Å²) in [7, 11) is 1.57. The summed E-state index contributed by atoms with van der Waals surface area (Å²) in [4.78, 5) is 28.6. The van der Waals surface area contributed by atoms with Crippen molar-refractivity contribution in [3.8, 4) is 22.8 Å². The standard InChI is InChI=1S/C25H29N3O4/c1-16(29)27-20-12-8-17(9-13-20)22-21(23(30)26-14-15-31-5)28-24(32-22)18-6-10-19(11-7-18)25(2,3)4/h6-13H,14-15H2,1-5H3,(H,26,30)(H,27,29). The Bertz CT molecular complexity index is 1080. The molecule has 7 heteroatoms. The van der Waals surface area contributed by atoms with Crippen molar-refractivity contribution in [2.24, 2.45) is 0 Å². The highest BCUT2D eigenvalue weighted by molar-refractivity contribution is 5.98. The van der Waals surface area contributed by atoms with Crippen LogP contribution in [-0.4, -0.2) is 37.1 Å². The van der Waals surface area contributed by atoms with Crippen molar-refractivity contribution < 1.29 is 18.7 Å². The zero-order valence-electron chi connectivity index (χ0n) is 19.1. The number of nitrogens with zero attached hydrogens (tertiary/aromatic N) is 1. The Morgan fingerprint density at radius 3 is 2.19 bits per heavy atom. The van der Waals surface area contributed by atoms with E-state index in [0.717, 1.165) is 5.56 Å². The van der Waals surface area contributed by atoms with Crippen molar-refractivity contribution in [2.75, 3.05) is 25.6 Å². The van der Waals surface area contributed by atoms with Gasteiger partial charge in [-0.15, -0.1) is 0 Å². The normalized spacial score (nSPS) is 11.3. The predicted molar refractivity (Wildman–Crippen MR) is 125 cm³/mol. The number of nitrogens with one attached hydrogen (secondary N) is 2. The molecule has 0 bridgehead atoms. The Labute approximate surface area is 188 Å². The van der Waals surface area contributed by atoms with Gasteiger partial charge in [-0.3, -0.25) is 9.59 Å². The Kier molecular flexibility index (Phi) is 7.10. The van der Waals surface area contributed by atoms with E-state index in [-0.39, 0.29) is 22.9 Å². The molecule has 1 heterocycles. The van der Waals surface area contributed by atoms with Crippen LogP contribution in [0, 0.1) is 0 Å². The number of ether oxygens (including phenoxy) is 1. The van der Waals surface area contributed by atoms with Crippen molar-refractivity contribution in [1.82, 2.24) is 10.3 Å². The van der Waals surface area contributed by atoms with Gasteiger partial charge in [0.1, 0.15) is 0 Å². The highest BCUT2D eigenvalue weighted by Gasteiger charge is 2.23. The minimum atomic E-state index is -0.343. The zero-order chi connectivity index (χ0) is 23.3. The van der Waals surface area contributed by atoms with Crippen LogP contribution in [0.25, 0.3) is 22.8 Å². The number of carbonyl (C=O) groups is 2. The number of aromatic nitrogens is 1. The van der Waals surface area contributed by atoms with E-state index in [1.54, 1.807) is 31.4 Å². The first-order chi connectivity index (χ1) is 15.2. The first kappa shape index (κ1) is 23.2. The maximum Gasteiger partial charge on any atom is 0.274 e. The second kappa shape index (κ2) is 9.78. The third kappa shape index (κ3) is 5.62. The Morgan fingerprint density at radius 2 is 1.62 bits per heavy atom. The summed E-state index contributed by atoms with van der Waals surface area (Å²) in [6.45, 7) is 8.66. The van der Waals surface area contributed by atoms with Gasteiger partial charge in [0.25, 0.3) is 5.91 Å². The van der Waals surface area contributed by atoms with Gasteiger partial charge in [0, 0.05) is 37.4 Å². The largest absolute Gasteiger partial charge is 0.435 e. The van der Waals surface area contributed by atoms with Gasteiger partial charge in [0.05, 0.1) is 6.61 Å². The van der Waals surface area contributed by atoms with Crippen molar-refractivity contribution in [1.29, 1.82) is 0 Å². The molecule has 168 valence electrons. The summed E-state index contributed by atoms with van der Waals surface area (Å²) in [5, 5.41) is 5.52. The first-order valence-corrected chi connectivity index (χ1v) is 10.5. The third-order valence-electron chi connectivity index (χ3n) is 4.90. The molecule has 2 aromatic carbocycles. The number of anilines is 1. The van der Waals surface area contributed by atoms with Gasteiger partial charge in [-0.05, 0) is 47.4 Å². The van der Waals surface area contributed by atoms with Gasteiger partial charge < -0.3 is 19.8 Å². The van der Waals surface area contributed by atoms with E-state index in [9.17, 15) is 9.59 Å². The third-order valence-corrected chi connectivity index (χ3v) is 4.90. The molecule has 0 fully saturated rings. The average molecular weight is 436 g/mol. The van der Waals surface area contributed by atoms with Crippen LogP contribution in [0.1, 0.15) is 43.7 Å². The lowest BCUT2D eigenvalue weighted by molar-refractivity contribution is -0.114. The van der Waals surface area contributed by atoms with E-state index < -0.39 is 0 Å². The van der Waals surface area contributed by atoms with Gasteiger partial charge in [-0.1, -0.05) is 32.9 Å². The smallest absolute Gasteiger partial charge is 0.274 e. The minimum Gasteiger partial charge on any atom is -0.435 e. The van der Waals surface area contributed by atoms with Crippen LogP contribution in [0.2, 0.25) is 0 Å². The van der Waals surface area contributed by atoms with Gasteiger partial charge in [-0.25, -0.2) is 4.98 Å². The molecule has 32 heavy (non-hydrogen) atoms. The van der Waals surface area contributed by atoms with Crippen LogP contribution in [0.3, 0.4) is 0 Å². The molecular formula is C25H29N3O4. The van der Waals surface area contributed by atoms with Crippen LogP contribution < -0.4 is 10.6 Å². The van der Waals surface area contributed by atoms with Crippen LogP contribution >= 0.6 is 0 Å². The summed E-state index contributed by atoms with van der Waals surface area (Å²) in [6.07, 6.45) is 0. The quantitative estimate of drug-likeness (QED) is 0.527. The molecule has 0 aliphatic heterocycles. The topological polar surface area (TPSA) is 93.5 Å². The number of methoxy groups -OCH3 is 1. The monoisotopic (exact) mass is 435 g/mol. The molecule has 0 saturated heterocycles.